The third-order valence-electron chi connectivity index (χ3n) is 6.53. The van der Waals surface area contributed by atoms with E-state index in [1.807, 2.05) is 30.3 Å². The zero-order chi connectivity index (χ0) is 21.5. The van der Waals surface area contributed by atoms with Crippen molar-refractivity contribution >= 4 is 0 Å². The molecule has 3 aromatic rings. The monoisotopic (exact) mass is 418 g/mol. The van der Waals surface area contributed by atoms with Crippen LogP contribution in [0.5, 0.6) is 28.7 Å². The van der Waals surface area contributed by atoms with Gasteiger partial charge in [0, 0.05) is 24.0 Å². The summed E-state index contributed by atoms with van der Waals surface area (Å²) in [4.78, 5) is 0. The maximum atomic E-state index is 6.65. The first-order chi connectivity index (χ1) is 15.2. The van der Waals surface area contributed by atoms with Gasteiger partial charge < -0.3 is 23.7 Å². The minimum Gasteiger partial charge on any atom is -0.497 e. The molecule has 0 bridgehead atoms. The first kappa shape index (κ1) is 19.6. The fourth-order valence-corrected chi connectivity index (χ4v) is 5.03. The lowest BCUT2D eigenvalue weighted by molar-refractivity contribution is 0.138. The molecule has 0 spiro atoms. The van der Waals surface area contributed by atoms with Crippen LogP contribution in [0.3, 0.4) is 0 Å². The van der Waals surface area contributed by atoms with Crippen LogP contribution < -0.4 is 23.7 Å². The Bertz CT molecular complexity index is 1110. The molecule has 2 aliphatic rings. The maximum Gasteiger partial charge on any atom is 0.131 e. The molecule has 0 N–H and O–H groups in total. The van der Waals surface area contributed by atoms with E-state index in [0.29, 0.717) is 0 Å². The van der Waals surface area contributed by atoms with Crippen molar-refractivity contribution in [2.45, 2.75) is 24.4 Å². The summed E-state index contributed by atoms with van der Waals surface area (Å²) in [6.07, 6.45) is 0.747. The van der Waals surface area contributed by atoms with E-state index in [2.05, 4.69) is 24.3 Å². The largest absolute Gasteiger partial charge is 0.497 e. The molecule has 0 radical (unpaired) electrons. The molecule has 0 saturated heterocycles. The molecule has 5 nitrogen and oxygen atoms in total. The number of ether oxygens (including phenoxy) is 5. The van der Waals surface area contributed by atoms with Crippen LogP contribution in [0.4, 0.5) is 0 Å². The fourth-order valence-electron chi connectivity index (χ4n) is 5.03. The highest BCUT2D eigenvalue weighted by atomic mass is 16.5. The molecule has 3 atom stereocenters. The van der Waals surface area contributed by atoms with E-state index >= 15 is 0 Å². The summed E-state index contributed by atoms with van der Waals surface area (Å²) in [5, 5.41) is 0. The number of fused-ring (bicyclic) bond motifs is 5. The van der Waals surface area contributed by atoms with E-state index in [4.69, 9.17) is 23.7 Å². The third kappa shape index (κ3) is 3.16. The van der Waals surface area contributed by atoms with Crippen LogP contribution in [-0.4, -0.2) is 28.4 Å². The molecule has 0 aromatic heterocycles. The van der Waals surface area contributed by atoms with Gasteiger partial charge in [-0.3, -0.25) is 0 Å². The summed E-state index contributed by atoms with van der Waals surface area (Å²) in [7, 11) is 6.76. The van der Waals surface area contributed by atoms with Crippen molar-refractivity contribution < 1.29 is 23.7 Å². The lowest BCUT2D eigenvalue weighted by Gasteiger charge is -2.37. The summed E-state index contributed by atoms with van der Waals surface area (Å²) in [6.45, 7) is 0. The topological polar surface area (TPSA) is 46.2 Å². The average molecular weight is 418 g/mol. The normalized spacial score (nSPS) is 20.7. The van der Waals surface area contributed by atoms with E-state index in [9.17, 15) is 0 Å². The first-order valence-electron chi connectivity index (χ1n) is 10.4. The highest BCUT2D eigenvalue weighted by Gasteiger charge is 2.46. The third-order valence-corrected chi connectivity index (χ3v) is 6.53. The maximum absolute atomic E-state index is 6.65. The predicted octanol–water partition coefficient (Wildman–Crippen LogP) is 5.28. The van der Waals surface area contributed by atoms with Crippen LogP contribution in [-0.2, 0) is 6.42 Å². The molecule has 1 heterocycles. The number of hydrogen-bond acceptors (Lipinski definition) is 5. The Morgan fingerprint density at radius 3 is 2.10 bits per heavy atom. The summed E-state index contributed by atoms with van der Waals surface area (Å²) < 4.78 is 28.8. The Morgan fingerprint density at radius 2 is 1.42 bits per heavy atom. The Kier molecular flexibility index (Phi) is 4.89. The van der Waals surface area contributed by atoms with Crippen molar-refractivity contribution in [3.05, 3.63) is 76.9 Å². The average Bonchev–Trinajstić information content (AvgIpc) is 3.22. The molecule has 5 rings (SSSR count). The second-order valence-corrected chi connectivity index (χ2v) is 7.95. The second kappa shape index (κ2) is 7.73. The van der Waals surface area contributed by atoms with Gasteiger partial charge in [0.2, 0.25) is 0 Å². The highest BCUT2D eigenvalue weighted by Crippen LogP contribution is 2.59. The zero-order valence-corrected chi connectivity index (χ0v) is 18.2. The van der Waals surface area contributed by atoms with Gasteiger partial charge in [-0.15, -0.1) is 0 Å². The van der Waals surface area contributed by atoms with E-state index in [1.54, 1.807) is 28.4 Å². The van der Waals surface area contributed by atoms with Gasteiger partial charge >= 0.3 is 0 Å². The second-order valence-electron chi connectivity index (χ2n) is 7.95. The lowest BCUT2D eigenvalue weighted by atomic mass is 9.78. The van der Waals surface area contributed by atoms with E-state index in [1.165, 1.54) is 16.7 Å². The molecule has 160 valence electrons. The number of hydrogen-bond donors (Lipinski definition) is 0. The van der Waals surface area contributed by atoms with Crippen molar-refractivity contribution in [1.29, 1.82) is 0 Å². The van der Waals surface area contributed by atoms with Gasteiger partial charge in [-0.25, -0.2) is 0 Å². The van der Waals surface area contributed by atoms with Gasteiger partial charge in [-0.1, -0.05) is 18.2 Å². The fraction of sp³-hybridized carbons (Fsp3) is 0.308. The molecular formula is C26H26O5. The summed E-state index contributed by atoms with van der Waals surface area (Å²) >= 11 is 0. The van der Waals surface area contributed by atoms with Crippen molar-refractivity contribution in [3.63, 3.8) is 0 Å². The Balaban J connectivity index is 1.68. The van der Waals surface area contributed by atoms with Gasteiger partial charge in [-0.05, 0) is 52.9 Å². The molecule has 5 heteroatoms. The van der Waals surface area contributed by atoms with Gasteiger partial charge in [0.15, 0.2) is 0 Å². The van der Waals surface area contributed by atoms with Gasteiger partial charge in [0.05, 0.1) is 28.4 Å². The standard InChI is InChI=1S/C26H26O5/c1-27-16-7-5-15(6-8-16)26-25-21-11-18(29-3)13-23(30-4)20(21)14-22(25)19-10-9-17(28-2)12-24(19)31-26/h5-13,22,25-26H,14H2,1-4H3/t22-,25-,26+/m0/s1. The van der Waals surface area contributed by atoms with Gasteiger partial charge in [-0.2, -0.15) is 0 Å². The summed E-state index contributed by atoms with van der Waals surface area (Å²) in [6, 6.07) is 18.4. The molecule has 0 saturated carbocycles. The van der Waals surface area contributed by atoms with Gasteiger partial charge in [0.1, 0.15) is 34.9 Å². The molecule has 3 aromatic carbocycles. The van der Waals surface area contributed by atoms with E-state index in [-0.39, 0.29) is 17.9 Å². The molecule has 0 unspecified atom stereocenters. The summed E-state index contributed by atoms with van der Waals surface area (Å²) in [5.74, 6) is 4.58. The Hall–Kier alpha value is -3.34. The number of methoxy groups -OCH3 is 4. The molecule has 1 aliphatic heterocycles. The summed E-state index contributed by atoms with van der Waals surface area (Å²) in [5.41, 5.74) is 4.76. The quantitative estimate of drug-likeness (QED) is 0.564. The zero-order valence-electron chi connectivity index (χ0n) is 18.2. The number of rotatable bonds is 5. The van der Waals surface area contributed by atoms with Crippen molar-refractivity contribution in [2.24, 2.45) is 0 Å². The van der Waals surface area contributed by atoms with E-state index < -0.39 is 0 Å². The van der Waals surface area contributed by atoms with Crippen molar-refractivity contribution in [1.82, 2.24) is 0 Å². The Morgan fingerprint density at radius 1 is 0.710 bits per heavy atom. The minimum absolute atomic E-state index is 0.145. The molecule has 1 aliphatic carbocycles. The van der Waals surface area contributed by atoms with Crippen LogP contribution in [0.15, 0.2) is 54.6 Å². The minimum atomic E-state index is -0.145. The molecule has 31 heavy (non-hydrogen) atoms. The smallest absolute Gasteiger partial charge is 0.131 e. The van der Waals surface area contributed by atoms with Crippen LogP contribution in [0.1, 0.15) is 40.2 Å². The lowest BCUT2D eigenvalue weighted by Crippen LogP contribution is -2.26. The predicted molar refractivity (Wildman–Crippen MR) is 118 cm³/mol. The van der Waals surface area contributed by atoms with Gasteiger partial charge in [0.25, 0.3) is 0 Å². The van der Waals surface area contributed by atoms with Crippen molar-refractivity contribution in [3.8, 4) is 28.7 Å². The Labute approximate surface area is 182 Å². The molecule has 0 fully saturated rings. The van der Waals surface area contributed by atoms with Crippen LogP contribution in [0.2, 0.25) is 0 Å². The number of benzene rings is 3. The van der Waals surface area contributed by atoms with Crippen LogP contribution in [0.25, 0.3) is 0 Å². The SMILES string of the molecule is COc1ccc([C@H]2Oc3cc(OC)ccc3[C@@H]3Cc4c(OC)cc(OC)cc4[C@H]23)cc1. The molecule has 0 amide bonds. The van der Waals surface area contributed by atoms with Crippen LogP contribution >= 0.6 is 0 Å². The van der Waals surface area contributed by atoms with Crippen LogP contribution in [0, 0.1) is 0 Å². The highest BCUT2D eigenvalue weighted by molar-refractivity contribution is 5.58. The first-order valence-corrected chi connectivity index (χ1v) is 10.4. The van der Waals surface area contributed by atoms with Crippen molar-refractivity contribution in [2.75, 3.05) is 28.4 Å². The van der Waals surface area contributed by atoms with E-state index in [0.717, 1.165) is 40.7 Å². The molecular weight excluding hydrogens is 392 g/mol.